The minimum atomic E-state index is -1.37. The molecule has 0 fully saturated rings. The number of nitrogens with zero attached hydrogens (tertiary/aromatic N) is 3. The number of benzene rings is 2. The summed E-state index contributed by atoms with van der Waals surface area (Å²) in [5.41, 5.74) is 6.85. The molecule has 0 aliphatic heterocycles. The van der Waals surface area contributed by atoms with E-state index in [-0.39, 0.29) is 24.9 Å². The van der Waals surface area contributed by atoms with Gasteiger partial charge in [-0.15, -0.1) is 0 Å². The predicted octanol–water partition coefficient (Wildman–Crippen LogP) is 2.31. The van der Waals surface area contributed by atoms with Gasteiger partial charge < -0.3 is 39.8 Å². The zero-order valence-corrected chi connectivity index (χ0v) is 20.4. The fourth-order valence-electron chi connectivity index (χ4n) is 3.25. The number of rotatable bonds is 10. The third-order valence-corrected chi connectivity index (χ3v) is 5.38. The Morgan fingerprint density at radius 1 is 1.03 bits per heavy atom. The van der Waals surface area contributed by atoms with Crippen molar-refractivity contribution in [2.24, 2.45) is 5.73 Å². The minimum Gasteiger partial charge on any atom is -0.492 e. The van der Waals surface area contributed by atoms with Gasteiger partial charge in [-0.3, -0.25) is 0 Å². The van der Waals surface area contributed by atoms with Gasteiger partial charge >= 0.3 is 0 Å². The smallest absolute Gasteiger partial charge is 0.258 e. The summed E-state index contributed by atoms with van der Waals surface area (Å²) in [6.07, 6.45) is 1.34. The molecular weight excluding hydrogens is 480 g/mol. The van der Waals surface area contributed by atoms with Crippen LogP contribution in [0.25, 0.3) is 33.8 Å². The third kappa shape index (κ3) is 6.51. The molecule has 11 nitrogen and oxygen atoms in total. The highest BCUT2D eigenvalue weighted by Gasteiger charge is 2.30. The quantitative estimate of drug-likeness (QED) is 0.210. The monoisotopic (exact) mass is 510 g/mol. The highest BCUT2D eigenvalue weighted by Crippen LogP contribution is 2.31. The highest BCUT2D eigenvalue weighted by molar-refractivity contribution is 5.83. The number of nitriles is 1. The van der Waals surface area contributed by atoms with Gasteiger partial charge in [-0.05, 0) is 55.3 Å². The number of aliphatic hydroxyl groups is 4. The topological polar surface area (TPSA) is 192 Å². The van der Waals surface area contributed by atoms with Crippen LogP contribution in [0.3, 0.4) is 0 Å². The second-order valence-electron chi connectivity index (χ2n) is 8.23. The Bertz CT molecular complexity index is 1340. The average Bonchev–Trinajstić information content (AvgIpc) is 3.60. The maximum absolute atomic E-state index is 9.50. The maximum atomic E-state index is 9.50. The van der Waals surface area contributed by atoms with Crippen LogP contribution in [0.1, 0.15) is 31.1 Å². The molecule has 0 saturated carbocycles. The molecule has 11 heteroatoms. The van der Waals surface area contributed by atoms with Crippen molar-refractivity contribution in [1.82, 2.24) is 10.1 Å². The number of aromatic nitrogens is 2. The van der Waals surface area contributed by atoms with E-state index in [1.807, 2.05) is 6.92 Å². The molecule has 0 aliphatic carbocycles. The molecular formula is C26H30N4O7. The first-order valence-corrected chi connectivity index (χ1v) is 11.7. The van der Waals surface area contributed by atoms with Gasteiger partial charge in [0.15, 0.2) is 0 Å². The van der Waals surface area contributed by atoms with Crippen LogP contribution >= 0.6 is 0 Å². The van der Waals surface area contributed by atoms with Crippen LogP contribution in [0.2, 0.25) is 0 Å². The number of aliphatic hydroxyl groups excluding tert-OH is 4. The fraction of sp³-hybridized carbons (Fsp3) is 0.346. The van der Waals surface area contributed by atoms with Crippen LogP contribution in [0.5, 0.6) is 5.75 Å². The van der Waals surface area contributed by atoms with Gasteiger partial charge in [0.2, 0.25) is 5.82 Å². The molecule has 4 rings (SSSR count). The Morgan fingerprint density at radius 3 is 2.38 bits per heavy atom. The van der Waals surface area contributed by atoms with E-state index >= 15 is 0 Å². The number of hydrogen-bond donors (Lipinski definition) is 5. The molecule has 0 bridgehead atoms. The second kappa shape index (κ2) is 13.0. The number of ether oxygens (including phenoxy) is 1. The van der Waals surface area contributed by atoms with Crippen LogP contribution in [0.15, 0.2) is 51.4 Å². The maximum Gasteiger partial charge on any atom is 0.258 e. The van der Waals surface area contributed by atoms with Crippen LogP contribution in [0.4, 0.5) is 0 Å². The normalized spacial score (nSPS) is 11.2. The van der Waals surface area contributed by atoms with E-state index in [0.717, 1.165) is 6.42 Å². The molecule has 37 heavy (non-hydrogen) atoms. The highest BCUT2D eigenvalue weighted by atomic mass is 16.5. The molecule has 6 N–H and O–H groups in total. The lowest BCUT2D eigenvalue weighted by Crippen LogP contribution is -2.43. The van der Waals surface area contributed by atoms with E-state index < -0.39 is 18.8 Å². The molecule has 0 unspecified atom stereocenters. The van der Waals surface area contributed by atoms with Crippen molar-refractivity contribution in [3.8, 4) is 34.7 Å². The van der Waals surface area contributed by atoms with Crippen molar-refractivity contribution >= 4 is 11.0 Å². The Morgan fingerprint density at radius 2 is 1.76 bits per heavy atom. The van der Waals surface area contributed by atoms with Gasteiger partial charge in [-0.2, -0.15) is 10.2 Å². The number of furan rings is 1. The van der Waals surface area contributed by atoms with Gasteiger partial charge in [-0.1, -0.05) is 12.1 Å². The lowest BCUT2D eigenvalue weighted by molar-refractivity contribution is 0.105. The van der Waals surface area contributed by atoms with Crippen LogP contribution < -0.4 is 10.5 Å². The van der Waals surface area contributed by atoms with Crippen molar-refractivity contribution in [3.05, 3.63) is 53.8 Å². The first-order valence-electron chi connectivity index (χ1n) is 11.7. The Hall–Kier alpha value is -3.79. The zero-order valence-electron chi connectivity index (χ0n) is 20.4. The first-order chi connectivity index (χ1) is 17.9. The van der Waals surface area contributed by atoms with Crippen LogP contribution in [-0.4, -0.2) is 63.6 Å². The second-order valence-corrected chi connectivity index (χ2v) is 8.23. The lowest BCUT2D eigenvalue weighted by atomic mass is 10.00. The summed E-state index contributed by atoms with van der Waals surface area (Å²) in [6.45, 7) is 1.79. The summed E-state index contributed by atoms with van der Waals surface area (Å²) in [6, 6.07) is 14.2. The summed E-state index contributed by atoms with van der Waals surface area (Å²) >= 11 is 0. The fourth-order valence-corrected chi connectivity index (χ4v) is 3.25. The van der Waals surface area contributed by atoms with Gasteiger partial charge in [0.25, 0.3) is 5.89 Å². The van der Waals surface area contributed by atoms with Crippen molar-refractivity contribution in [2.75, 3.05) is 33.0 Å². The summed E-state index contributed by atoms with van der Waals surface area (Å²) in [4.78, 5) is 4.45. The predicted molar refractivity (Wildman–Crippen MR) is 134 cm³/mol. The van der Waals surface area contributed by atoms with E-state index in [4.69, 9.17) is 29.6 Å². The molecule has 2 heterocycles. The van der Waals surface area contributed by atoms with Crippen molar-refractivity contribution in [3.63, 3.8) is 0 Å². The van der Waals surface area contributed by atoms with Crippen LogP contribution in [0, 0.1) is 11.3 Å². The zero-order chi connectivity index (χ0) is 26.8. The minimum absolute atomic E-state index is 0.0938. The number of nitrogens with two attached hydrogens (primary N) is 1. The molecule has 0 atom stereocenters. The summed E-state index contributed by atoms with van der Waals surface area (Å²) in [5.74, 6) is 1.42. The largest absolute Gasteiger partial charge is 0.492 e. The van der Waals surface area contributed by atoms with E-state index in [1.165, 1.54) is 0 Å². The van der Waals surface area contributed by atoms with E-state index in [1.54, 1.807) is 42.5 Å². The molecule has 0 spiro atoms. The molecule has 0 aliphatic rings. The van der Waals surface area contributed by atoms with E-state index in [2.05, 4.69) is 16.2 Å². The molecule has 0 radical (unpaired) electrons. The first kappa shape index (κ1) is 27.8. The Balaban J connectivity index is 0.000000695. The SMILES string of the molecule is CCCOc1ccc(-c2nc(-c3ccc4oc(C(N)(CO)CO)cc4c3)no2)cc1C#N.OCCCO. The Labute approximate surface area is 213 Å². The number of hydrogen-bond acceptors (Lipinski definition) is 11. The lowest BCUT2D eigenvalue weighted by Gasteiger charge is -2.21. The van der Waals surface area contributed by atoms with Gasteiger partial charge in [-0.25, -0.2) is 0 Å². The summed E-state index contributed by atoms with van der Waals surface area (Å²) in [5, 5.41) is 49.0. The standard InChI is InChI=1S/C23H22N4O5.C3H8O2/c1-2-7-30-18-5-4-15(9-17(18)11-24)22-26-21(27-32-22)14-3-6-19-16(8-14)10-20(31-19)23(25,12-28)13-29;4-2-1-3-5/h3-6,8-10,28-29H,2,7,12-13,25H2,1H3;4-5H,1-3H2. The van der Waals surface area contributed by atoms with Gasteiger partial charge in [0.05, 0.1) is 25.4 Å². The van der Waals surface area contributed by atoms with Crippen molar-refractivity contribution < 1.29 is 34.1 Å². The van der Waals surface area contributed by atoms with Crippen molar-refractivity contribution in [1.29, 1.82) is 5.26 Å². The van der Waals surface area contributed by atoms with Gasteiger partial charge in [0.1, 0.15) is 28.7 Å². The molecule has 0 saturated heterocycles. The third-order valence-electron chi connectivity index (χ3n) is 5.38. The van der Waals surface area contributed by atoms with E-state index in [9.17, 15) is 15.5 Å². The Kier molecular flexibility index (Phi) is 9.73. The number of fused-ring (bicyclic) bond motifs is 1. The molecule has 2 aromatic carbocycles. The summed E-state index contributed by atoms with van der Waals surface area (Å²) in [7, 11) is 0. The van der Waals surface area contributed by atoms with Crippen molar-refractivity contribution in [2.45, 2.75) is 25.3 Å². The molecule has 196 valence electrons. The molecule has 0 amide bonds. The van der Waals surface area contributed by atoms with Gasteiger partial charge in [0, 0.05) is 29.7 Å². The molecule has 2 aromatic heterocycles. The average molecular weight is 511 g/mol. The summed E-state index contributed by atoms with van der Waals surface area (Å²) < 4.78 is 16.7. The molecule has 4 aromatic rings. The van der Waals surface area contributed by atoms with Crippen LogP contribution in [-0.2, 0) is 5.54 Å². The van der Waals surface area contributed by atoms with E-state index in [0.29, 0.717) is 52.3 Å².